The molecule has 1 N–H and O–H groups in total. The lowest BCUT2D eigenvalue weighted by Gasteiger charge is -2.31. The SMILES string of the molecule is COc1cc(OC)cc(C(=O)N2CCC(C(=O)NCc3ccco3)CC2)c1. The summed E-state index contributed by atoms with van der Waals surface area (Å²) in [5, 5.41) is 2.89. The van der Waals surface area contributed by atoms with E-state index >= 15 is 0 Å². The van der Waals surface area contributed by atoms with Gasteiger partial charge in [-0.05, 0) is 37.1 Å². The summed E-state index contributed by atoms with van der Waals surface area (Å²) in [7, 11) is 3.10. The summed E-state index contributed by atoms with van der Waals surface area (Å²) in [5.41, 5.74) is 0.520. The molecule has 2 aromatic rings. The Balaban J connectivity index is 1.55. The lowest BCUT2D eigenvalue weighted by molar-refractivity contribution is -0.126. The van der Waals surface area contributed by atoms with E-state index in [-0.39, 0.29) is 17.7 Å². The quantitative estimate of drug-likeness (QED) is 0.842. The Bertz CT molecular complexity index is 757. The predicted octanol–water partition coefficient (Wildman–Crippen LogP) is 2.47. The molecule has 1 aromatic heterocycles. The highest BCUT2D eigenvalue weighted by molar-refractivity contribution is 5.95. The first-order chi connectivity index (χ1) is 13.1. The molecule has 0 atom stereocenters. The topological polar surface area (TPSA) is 81.0 Å². The highest BCUT2D eigenvalue weighted by atomic mass is 16.5. The molecular weight excluding hydrogens is 348 g/mol. The fraction of sp³-hybridized carbons (Fsp3) is 0.400. The van der Waals surface area contributed by atoms with Crippen molar-refractivity contribution in [2.45, 2.75) is 19.4 Å². The number of nitrogens with one attached hydrogen (secondary N) is 1. The summed E-state index contributed by atoms with van der Waals surface area (Å²) in [6.45, 7) is 1.46. The van der Waals surface area contributed by atoms with Crippen molar-refractivity contribution in [3.8, 4) is 11.5 Å². The molecule has 0 unspecified atom stereocenters. The monoisotopic (exact) mass is 372 g/mol. The summed E-state index contributed by atoms with van der Waals surface area (Å²) in [4.78, 5) is 26.9. The van der Waals surface area contributed by atoms with Gasteiger partial charge in [0.15, 0.2) is 0 Å². The number of benzene rings is 1. The van der Waals surface area contributed by atoms with Crippen molar-refractivity contribution in [1.82, 2.24) is 10.2 Å². The normalized spacial score (nSPS) is 14.7. The van der Waals surface area contributed by atoms with Gasteiger partial charge in [0.25, 0.3) is 5.91 Å². The van der Waals surface area contributed by atoms with E-state index in [4.69, 9.17) is 13.9 Å². The Hall–Kier alpha value is -2.96. The zero-order valence-corrected chi connectivity index (χ0v) is 15.6. The second-order valence-electron chi connectivity index (χ2n) is 6.46. The van der Waals surface area contributed by atoms with E-state index in [1.165, 1.54) is 0 Å². The number of nitrogens with zero attached hydrogens (tertiary/aromatic N) is 1. The molecule has 2 amide bonds. The van der Waals surface area contributed by atoms with Gasteiger partial charge in [-0.2, -0.15) is 0 Å². The van der Waals surface area contributed by atoms with Crippen molar-refractivity contribution in [2.24, 2.45) is 5.92 Å². The summed E-state index contributed by atoms with van der Waals surface area (Å²) in [6.07, 6.45) is 2.85. The molecule has 7 heteroatoms. The second-order valence-corrected chi connectivity index (χ2v) is 6.46. The van der Waals surface area contributed by atoms with Crippen LogP contribution in [-0.4, -0.2) is 44.0 Å². The van der Waals surface area contributed by atoms with E-state index in [9.17, 15) is 9.59 Å². The van der Waals surface area contributed by atoms with Crippen LogP contribution in [0.5, 0.6) is 11.5 Å². The number of rotatable bonds is 6. The van der Waals surface area contributed by atoms with Crippen LogP contribution in [0.1, 0.15) is 29.0 Å². The molecule has 1 aliphatic rings. The van der Waals surface area contributed by atoms with Crippen LogP contribution < -0.4 is 14.8 Å². The Labute approximate surface area is 158 Å². The first-order valence-corrected chi connectivity index (χ1v) is 8.93. The van der Waals surface area contributed by atoms with Gasteiger partial charge in [-0.1, -0.05) is 0 Å². The van der Waals surface area contributed by atoms with Crippen molar-refractivity contribution in [3.05, 3.63) is 47.9 Å². The fourth-order valence-electron chi connectivity index (χ4n) is 3.19. The molecular formula is C20H24N2O5. The number of piperidine rings is 1. The van der Waals surface area contributed by atoms with Gasteiger partial charge in [0, 0.05) is 30.6 Å². The Morgan fingerprint density at radius 3 is 2.37 bits per heavy atom. The summed E-state index contributed by atoms with van der Waals surface area (Å²) >= 11 is 0. The standard InChI is InChI=1S/C20H24N2O5/c1-25-17-10-15(11-18(12-17)26-2)20(24)22-7-5-14(6-8-22)19(23)21-13-16-4-3-9-27-16/h3-4,9-12,14H,5-8,13H2,1-2H3,(H,21,23). The number of furan rings is 1. The van der Waals surface area contributed by atoms with Gasteiger partial charge < -0.3 is 24.1 Å². The van der Waals surface area contributed by atoms with Crippen LogP contribution in [0.2, 0.25) is 0 Å². The molecule has 1 saturated heterocycles. The van der Waals surface area contributed by atoms with Gasteiger partial charge in [-0.3, -0.25) is 9.59 Å². The Kier molecular flexibility index (Phi) is 6.01. The molecule has 0 saturated carbocycles. The molecule has 1 aromatic carbocycles. The minimum Gasteiger partial charge on any atom is -0.497 e. The molecule has 0 spiro atoms. The summed E-state index contributed by atoms with van der Waals surface area (Å²) < 4.78 is 15.7. The highest BCUT2D eigenvalue weighted by Crippen LogP contribution is 2.25. The van der Waals surface area contributed by atoms with Crippen LogP contribution >= 0.6 is 0 Å². The molecule has 2 heterocycles. The highest BCUT2D eigenvalue weighted by Gasteiger charge is 2.28. The van der Waals surface area contributed by atoms with E-state index in [0.717, 1.165) is 5.76 Å². The first-order valence-electron chi connectivity index (χ1n) is 8.93. The van der Waals surface area contributed by atoms with E-state index in [0.29, 0.717) is 49.5 Å². The van der Waals surface area contributed by atoms with E-state index in [2.05, 4.69) is 5.32 Å². The lowest BCUT2D eigenvalue weighted by Crippen LogP contribution is -2.42. The summed E-state index contributed by atoms with van der Waals surface area (Å²) in [5.74, 6) is 1.70. The maximum absolute atomic E-state index is 12.8. The number of ether oxygens (including phenoxy) is 2. The van der Waals surface area contributed by atoms with Gasteiger partial charge in [-0.25, -0.2) is 0 Å². The van der Waals surface area contributed by atoms with Gasteiger partial charge >= 0.3 is 0 Å². The van der Waals surface area contributed by atoms with Crippen LogP contribution in [-0.2, 0) is 11.3 Å². The molecule has 7 nitrogen and oxygen atoms in total. The van der Waals surface area contributed by atoms with E-state index in [1.54, 1.807) is 49.6 Å². The summed E-state index contributed by atoms with van der Waals surface area (Å²) in [6, 6.07) is 8.75. The van der Waals surface area contributed by atoms with E-state index < -0.39 is 0 Å². The van der Waals surface area contributed by atoms with Crippen LogP contribution in [0.15, 0.2) is 41.0 Å². The van der Waals surface area contributed by atoms with Gasteiger partial charge in [0.2, 0.25) is 5.91 Å². The van der Waals surface area contributed by atoms with Gasteiger partial charge in [-0.15, -0.1) is 0 Å². The van der Waals surface area contributed by atoms with Gasteiger partial charge in [0.1, 0.15) is 17.3 Å². The first kappa shape index (κ1) is 18.8. The zero-order valence-electron chi connectivity index (χ0n) is 15.6. The van der Waals surface area contributed by atoms with E-state index in [1.807, 2.05) is 6.07 Å². The fourth-order valence-corrected chi connectivity index (χ4v) is 3.19. The number of likely N-dealkylation sites (tertiary alicyclic amines) is 1. The minimum atomic E-state index is -0.0937. The van der Waals surface area contributed by atoms with Crippen molar-refractivity contribution >= 4 is 11.8 Å². The van der Waals surface area contributed by atoms with Crippen LogP contribution in [0.3, 0.4) is 0 Å². The van der Waals surface area contributed by atoms with Crippen LogP contribution in [0.25, 0.3) is 0 Å². The lowest BCUT2D eigenvalue weighted by atomic mass is 9.95. The third kappa shape index (κ3) is 4.61. The Morgan fingerprint density at radius 1 is 1.15 bits per heavy atom. The second kappa shape index (κ2) is 8.62. The molecule has 0 aliphatic carbocycles. The number of carbonyl (C=O) groups excluding carboxylic acids is 2. The number of hydrogen-bond donors (Lipinski definition) is 1. The van der Waals surface area contributed by atoms with Crippen LogP contribution in [0, 0.1) is 5.92 Å². The van der Waals surface area contributed by atoms with Crippen molar-refractivity contribution in [2.75, 3.05) is 27.3 Å². The van der Waals surface area contributed by atoms with Gasteiger partial charge in [0.05, 0.1) is 27.0 Å². The number of carbonyl (C=O) groups is 2. The number of hydrogen-bond acceptors (Lipinski definition) is 5. The molecule has 1 fully saturated rings. The van der Waals surface area contributed by atoms with Crippen LogP contribution in [0.4, 0.5) is 0 Å². The maximum Gasteiger partial charge on any atom is 0.254 e. The minimum absolute atomic E-state index is 0.00143. The predicted molar refractivity (Wildman–Crippen MR) is 98.7 cm³/mol. The van der Waals surface area contributed by atoms with Crippen molar-refractivity contribution in [3.63, 3.8) is 0 Å². The molecule has 0 bridgehead atoms. The number of amides is 2. The molecule has 27 heavy (non-hydrogen) atoms. The molecule has 144 valence electrons. The third-order valence-corrected chi connectivity index (χ3v) is 4.77. The third-order valence-electron chi connectivity index (χ3n) is 4.77. The van der Waals surface area contributed by atoms with Crippen molar-refractivity contribution < 1.29 is 23.5 Å². The molecule has 3 rings (SSSR count). The Morgan fingerprint density at radius 2 is 1.81 bits per heavy atom. The smallest absolute Gasteiger partial charge is 0.254 e. The zero-order chi connectivity index (χ0) is 19.2. The average molecular weight is 372 g/mol. The average Bonchev–Trinajstić information content (AvgIpc) is 3.24. The molecule has 0 radical (unpaired) electrons. The maximum atomic E-state index is 12.8. The van der Waals surface area contributed by atoms with Crippen molar-refractivity contribution in [1.29, 1.82) is 0 Å². The number of methoxy groups -OCH3 is 2. The molecule has 1 aliphatic heterocycles. The largest absolute Gasteiger partial charge is 0.497 e.